The van der Waals surface area contributed by atoms with Gasteiger partial charge in [0.25, 0.3) is 0 Å². The molecule has 1 aromatic carbocycles. The molecular formula is C14H19N3O. The summed E-state index contributed by atoms with van der Waals surface area (Å²) in [4.78, 5) is 4.47. The van der Waals surface area contributed by atoms with E-state index in [-0.39, 0.29) is 6.10 Å². The fraction of sp³-hybridized carbons (Fsp3) is 0.500. The predicted molar refractivity (Wildman–Crippen MR) is 72.6 cm³/mol. The summed E-state index contributed by atoms with van der Waals surface area (Å²) in [6.45, 7) is 2.11. The second-order valence-corrected chi connectivity index (χ2v) is 5.06. The molecule has 0 radical (unpaired) electrons. The lowest BCUT2D eigenvalue weighted by atomic mass is 10.1. The van der Waals surface area contributed by atoms with Crippen LogP contribution in [0.15, 0.2) is 18.2 Å². The van der Waals surface area contributed by atoms with Gasteiger partial charge in [-0.15, -0.1) is 0 Å². The average Bonchev–Trinajstić information content (AvgIpc) is 2.92. The van der Waals surface area contributed by atoms with E-state index >= 15 is 0 Å². The number of para-hydroxylation sites is 1. The predicted octanol–water partition coefficient (Wildman–Crippen LogP) is 2.67. The number of aromatic nitrogens is 2. The Labute approximate surface area is 107 Å². The molecule has 2 N–H and O–H groups in total. The van der Waals surface area contributed by atoms with Gasteiger partial charge in [-0.1, -0.05) is 12.1 Å². The Morgan fingerprint density at radius 2 is 2.22 bits per heavy atom. The highest BCUT2D eigenvalue weighted by Crippen LogP contribution is 2.37. The molecule has 1 aromatic heterocycles. The number of anilines is 1. The van der Waals surface area contributed by atoms with Gasteiger partial charge in [-0.25, -0.2) is 4.98 Å². The van der Waals surface area contributed by atoms with E-state index in [0.29, 0.717) is 12.0 Å². The Morgan fingerprint density at radius 1 is 1.39 bits per heavy atom. The van der Waals surface area contributed by atoms with Crippen LogP contribution in [0.2, 0.25) is 0 Å². The van der Waals surface area contributed by atoms with Crippen molar-refractivity contribution in [2.75, 3.05) is 12.8 Å². The summed E-state index contributed by atoms with van der Waals surface area (Å²) in [6.07, 6.45) is 3.66. The van der Waals surface area contributed by atoms with Crippen LogP contribution in [0.4, 0.5) is 5.95 Å². The lowest BCUT2D eigenvalue weighted by molar-refractivity contribution is 0.0768. The van der Waals surface area contributed by atoms with Crippen molar-refractivity contribution in [3.05, 3.63) is 23.8 Å². The molecule has 4 heteroatoms. The average molecular weight is 245 g/mol. The van der Waals surface area contributed by atoms with Crippen LogP contribution in [-0.2, 0) is 4.74 Å². The van der Waals surface area contributed by atoms with Crippen molar-refractivity contribution < 1.29 is 4.74 Å². The second-order valence-electron chi connectivity index (χ2n) is 5.06. The molecule has 0 spiro atoms. The van der Waals surface area contributed by atoms with Crippen LogP contribution in [0.3, 0.4) is 0 Å². The fourth-order valence-electron chi connectivity index (χ4n) is 3.15. The lowest BCUT2D eigenvalue weighted by Gasteiger charge is -2.22. The maximum atomic E-state index is 6.12. The number of imidazole rings is 1. The van der Waals surface area contributed by atoms with Gasteiger partial charge in [0, 0.05) is 7.11 Å². The van der Waals surface area contributed by atoms with Crippen molar-refractivity contribution in [1.82, 2.24) is 9.55 Å². The van der Waals surface area contributed by atoms with Crippen LogP contribution in [-0.4, -0.2) is 22.8 Å². The van der Waals surface area contributed by atoms with Crippen LogP contribution in [0.5, 0.6) is 0 Å². The quantitative estimate of drug-likeness (QED) is 0.885. The van der Waals surface area contributed by atoms with Crippen molar-refractivity contribution >= 4 is 17.0 Å². The topological polar surface area (TPSA) is 53.1 Å². The van der Waals surface area contributed by atoms with Crippen molar-refractivity contribution in [2.45, 2.75) is 38.3 Å². The molecule has 1 fully saturated rings. The van der Waals surface area contributed by atoms with Crippen molar-refractivity contribution in [2.24, 2.45) is 0 Å². The molecule has 1 aliphatic rings. The molecule has 0 amide bonds. The minimum absolute atomic E-state index is 0.254. The highest BCUT2D eigenvalue weighted by atomic mass is 16.5. The van der Waals surface area contributed by atoms with Gasteiger partial charge in [-0.3, -0.25) is 0 Å². The number of aryl methyl sites for hydroxylation is 1. The molecule has 0 bridgehead atoms. The van der Waals surface area contributed by atoms with Crippen molar-refractivity contribution in [1.29, 1.82) is 0 Å². The van der Waals surface area contributed by atoms with E-state index in [0.717, 1.165) is 23.9 Å². The Morgan fingerprint density at radius 3 is 3.00 bits per heavy atom. The summed E-state index contributed by atoms with van der Waals surface area (Å²) in [7, 11) is 1.78. The Bertz CT molecular complexity index is 576. The molecule has 3 rings (SSSR count). The molecule has 4 nitrogen and oxygen atoms in total. The van der Waals surface area contributed by atoms with Gasteiger partial charge < -0.3 is 15.0 Å². The molecule has 1 aliphatic carbocycles. The monoisotopic (exact) mass is 245 g/mol. The number of rotatable bonds is 2. The fourth-order valence-corrected chi connectivity index (χ4v) is 3.15. The lowest BCUT2D eigenvalue weighted by Crippen LogP contribution is -2.22. The maximum absolute atomic E-state index is 6.12. The van der Waals surface area contributed by atoms with Crippen LogP contribution >= 0.6 is 0 Å². The third-order valence-corrected chi connectivity index (χ3v) is 3.99. The van der Waals surface area contributed by atoms with Gasteiger partial charge in [0.15, 0.2) is 0 Å². The third-order valence-electron chi connectivity index (χ3n) is 3.99. The van der Waals surface area contributed by atoms with Gasteiger partial charge in [0.1, 0.15) is 0 Å². The molecule has 18 heavy (non-hydrogen) atoms. The van der Waals surface area contributed by atoms with E-state index in [1.165, 1.54) is 12.0 Å². The van der Waals surface area contributed by atoms with Gasteiger partial charge in [0.05, 0.1) is 23.2 Å². The number of nitrogens with two attached hydrogens (primary N) is 1. The first-order valence-electron chi connectivity index (χ1n) is 6.48. The number of benzene rings is 1. The Balaban J connectivity index is 2.19. The Kier molecular flexibility index (Phi) is 2.74. The number of nitrogens with zero attached hydrogens (tertiary/aromatic N) is 2. The number of hydrogen-bond donors (Lipinski definition) is 1. The summed E-state index contributed by atoms with van der Waals surface area (Å²) >= 11 is 0. The van der Waals surface area contributed by atoms with Gasteiger partial charge in [-0.05, 0) is 37.8 Å². The zero-order chi connectivity index (χ0) is 12.7. The van der Waals surface area contributed by atoms with E-state index in [9.17, 15) is 0 Å². The Hall–Kier alpha value is -1.55. The van der Waals surface area contributed by atoms with Gasteiger partial charge >= 0.3 is 0 Å². The number of hydrogen-bond acceptors (Lipinski definition) is 3. The molecule has 96 valence electrons. The molecule has 2 aromatic rings. The van der Waals surface area contributed by atoms with E-state index < -0.39 is 0 Å². The normalized spacial score (nSPS) is 23.9. The molecular weight excluding hydrogens is 226 g/mol. The summed E-state index contributed by atoms with van der Waals surface area (Å²) in [5.41, 5.74) is 9.47. The number of nitrogen functional groups attached to an aromatic ring is 1. The van der Waals surface area contributed by atoms with E-state index in [4.69, 9.17) is 10.5 Å². The van der Waals surface area contributed by atoms with E-state index in [1.54, 1.807) is 7.11 Å². The molecule has 1 heterocycles. The number of fused-ring (bicyclic) bond motifs is 1. The SMILES string of the molecule is COC1CCCC1n1c(N)nc2cccc(C)c21. The number of ether oxygens (including phenoxy) is 1. The maximum Gasteiger partial charge on any atom is 0.201 e. The first-order chi connectivity index (χ1) is 8.72. The zero-order valence-corrected chi connectivity index (χ0v) is 10.9. The van der Waals surface area contributed by atoms with E-state index in [2.05, 4.69) is 22.5 Å². The van der Waals surface area contributed by atoms with Crippen molar-refractivity contribution in [3.8, 4) is 0 Å². The zero-order valence-electron chi connectivity index (χ0n) is 10.9. The smallest absolute Gasteiger partial charge is 0.201 e. The highest BCUT2D eigenvalue weighted by molar-refractivity contribution is 5.81. The molecule has 2 atom stereocenters. The molecule has 0 aliphatic heterocycles. The van der Waals surface area contributed by atoms with Crippen LogP contribution in [0, 0.1) is 6.92 Å². The first-order valence-corrected chi connectivity index (χ1v) is 6.48. The summed E-state index contributed by atoms with van der Waals surface area (Å²) < 4.78 is 7.76. The summed E-state index contributed by atoms with van der Waals surface area (Å²) in [5, 5.41) is 0. The highest BCUT2D eigenvalue weighted by Gasteiger charge is 2.31. The minimum atomic E-state index is 0.254. The van der Waals surface area contributed by atoms with Gasteiger partial charge in [0.2, 0.25) is 5.95 Å². The van der Waals surface area contributed by atoms with Crippen molar-refractivity contribution in [3.63, 3.8) is 0 Å². The van der Waals surface area contributed by atoms with Crippen LogP contribution in [0.1, 0.15) is 30.9 Å². The molecule has 2 unspecified atom stereocenters. The second kappa shape index (κ2) is 4.28. The minimum Gasteiger partial charge on any atom is -0.379 e. The molecule has 0 saturated heterocycles. The van der Waals surface area contributed by atoms with Gasteiger partial charge in [-0.2, -0.15) is 0 Å². The number of methoxy groups -OCH3 is 1. The summed E-state index contributed by atoms with van der Waals surface area (Å²) in [5.74, 6) is 0.605. The van der Waals surface area contributed by atoms with E-state index in [1.807, 2.05) is 12.1 Å². The largest absolute Gasteiger partial charge is 0.379 e. The van der Waals surface area contributed by atoms with Crippen LogP contribution in [0.25, 0.3) is 11.0 Å². The van der Waals surface area contributed by atoms with Crippen LogP contribution < -0.4 is 5.73 Å². The summed E-state index contributed by atoms with van der Waals surface area (Å²) in [6, 6.07) is 6.47. The standard InChI is InChI=1S/C14H19N3O/c1-9-5-3-6-10-13(9)17(14(15)16-10)11-7-4-8-12(11)18-2/h3,5-6,11-12H,4,7-8H2,1-2H3,(H2,15,16). The molecule has 1 saturated carbocycles. The third kappa shape index (κ3) is 1.60. The first kappa shape index (κ1) is 11.5.